The highest BCUT2D eigenvalue weighted by Gasteiger charge is 2.30. The first-order valence-corrected chi connectivity index (χ1v) is 9.29. The van der Waals surface area contributed by atoms with Gasteiger partial charge in [0.15, 0.2) is 18.1 Å². The summed E-state index contributed by atoms with van der Waals surface area (Å²) >= 11 is 0. The van der Waals surface area contributed by atoms with Gasteiger partial charge >= 0.3 is 0 Å². The van der Waals surface area contributed by atoms with Crippen molar-refractivity contribution in [2.45, 2.75) is 6.04 Å². The smallest absolute Gasteiger partial charge is 0.255 e. The summed E-state index contributed by atoms with van der Waals surface area (Å²) in [7, 11) is 3.10. The van der Waals surface area contributed by atoms with Crippen LogP contribution in [0, 0.1) is 0 Å². The van der Waals surface area contributed by atoms with Crippen molar-refractivity contribution >= 4 is 11.8 Å². The number of benzene rings is 2. The molecular formula is C21H25N3O5. The molecule has 1 atom stereocenters. The Balaban J connectivity index is 1.88. The van der Waals surface area contributed by atoms with Gasteiger partial charge in [-0.3, -0.25) is 9.59 Å². The van der Waals surface area contributed by atoms with E-state index in [0.29, 0.717) is 36.7 Å². The average molecular weight is 399 g/mol. The zero-order valence-electron chi connectivity index (χ0n) is 16.5. The Kier molecular flexibility index (Phi) is 6.56. The first-order valence-electron chi connectivity index (χ1n) is 9.29. The van der Waals surface area contributed by atoms with Crippen LogP contribution in [0.1, 0.15) is 22.0 Å². The minimum absolute atomic E-state index is 0.123. The van der Waals surface area contributed by atoms with Crippen molar-refractivity contribution in [2.75, 3.05) is 40.5 Å². The summed E-state index contributed by atoms with van der Waals surface area (Å²) in [5.41, 5.74) is 6.54. The first-order chi connectivity index (χ1) is 14.0. The van der Waals surface area contributed by atoms with Gasteiger partial charge in [-0.2, -0.15) is 0 Å². The summed E-state index contributed by atoms with van der Waals surface area (Å²) < 4.78 is 16.2. The molecule has 1 saturated heterocycles. The van der Waals surface area contributed by atoms with Gasteiger partial charge in [-0.05, 0) is 24.3 Å². The molecule has 2 aromatic rings. The average Bonchev–Trinajstić information content (AvgIpc) is 2.77. The second-order valence-corrected chi connectivity index (χ2v) is 6.58. The fraction of sp³-hybridized carbons (Fsp3) is 0.333. The predicted molar refractivity (Wildman–Crippen MR) is 107 cm³/mol. The number of nitrogens with zero attached hydrogens (tertiary/aromatic N) is 1. The first kappa shape index (κ1) is 20.5. The lowest BCUT2D eigenvalue weighted by Crippen LogP contribution is -2.48. The molecule has 0 bridgehead atoms. The molecule has 2 aromatic carbocycles. The van der Waals surface area contributed by atoms with Gasteiger partial charge < -0.3 is 30.2 Å². The molecule has 1 fully saturated rings. The Morgan fingerprint density at radius 3 is 2.59 bits per heavy atom. The molecule has 3 rings (SSSR count). The van der Waals surface area contributed by atoms with Crippen LogP contribution in [0.25, 0.3) is 0 Å². The Morgan fingerprint density at radius 2 is 1.86 bits per heavy atom. The topological polar surface area (TPSA) is 103 Å². The van der Waals surface area contributed by atoms with Gasteiger partial charge in [-0.15, -0.1) is 0 Å². The molecule has 0 radical (unpaired) electrons. The maximum Gasteiger partial charge on any atom is 0.255 e. The zero-order valence-corrected chi connectivity index (χ0v) is 16.5. The fourth-order valence-corrected chi connectivity index (χ4v) is 3.40. The van der Waals surface area contributed by atoms with Gasteiger partial charge in [0.05, 0.1) is 20.3 Å². The second kappa shape index (κ2) is 9.29. The number of piperazine rings is 1. The fourth-order valence-electron chi connectivity index (χ4n) is 3.40. The van der Waals surface area contributed by atoms with Crippen molar-refractivity contribution in [3.63, 3.8) is 0 Å². The van der Waals surface area contributed by atoms with Crippen LogP contribution in [0.15, 0.2) is 42.5 Å². The highest BCUT2D eigenvalue weighted by Crippen LogP contribution is 2.33. The monoisotopic (exact) mass is 399 g/mol. The molecule has 0 aromatic heterocycles. The number of nitrogens with one attached hydrogen (secondary N) is 1. The molecule has 154 valence electrons. The number of primary amides is 1. The molecule has 1 unspecified atom stereocenters. The van der Waals surface area contributed by atoms with E-state index in [1.54, 1.807) is 25.3 Å². The molecule has 1 heterocycles. The van der Waals surface area contributed by atoms with E-state index in [4.69, 9.17) is 19.9 Å². The number of carbonyl (C=O) groups is 2. The van der Waals surface area contributed by atoms with Crippen molar-refractivity contribution in [2.24, 2.45) is 5.73 Å². The maximum atomic E-state index is 13.3. The van der Waals surface area contributed by atoms with E-state index >= 15 is 0 Å². The molecule has 1 aliphatic heterocycles. The van der Waals surface area contributed by atoms with E-state index in [-0.39, 0.29) is 18.6 Å². The van der Waals surface area contributed by atoms with Crippen LogP contribution < -0.4 is 25.3 Å². The number of amides is 2. The third kappa shape index (κ3) is 4.60. The number of nitrogens with two attached hydrogens (primary N) is 1. The van der Waals surface area contributed by atoms with Gasteiger partial charge in [0.25, 0.3) is 11.8 Å². The van der Waals surface area contributed by atoms with Gasteiger partial charge in [-0.25, -0.2) is 0 Å². The van der Waals surface area contributed by atoms with Gasteiger partial charge in [0.1, 0.15) is 5.75 Å². The van der Waals surface area contributed by atoms with Crippen LogP contribution in [-0.4, -0.2) is 57.2 Å². The SMILES string of the molecule is COc1cc(C(=O)N2CCNCC2c2ccccc2OC)ccc1OCC(N)=O. The summed E-state index contributed by atoms with van der Waals surface area (Å²) in [6, 6.07) is 12.4. The Labute approximate surface area is 169 Å². The minimum atomic E-state index is -0.590. The van der Waals surface area contributed by atoms with Crippen LogP contribution in [-0.2, 0) is 4.79 Å². The lowest BCUT2D eigenvalue weighted by molar-refractivity contribution is -0.119. The minimum Gasteiger partial charge on any atom is -0.496 e. The molecule has 8 nitrogen and oxygen atoms in total. The Hall–Kier alpha value is -3.26. The zero-order chi connectivity index (χ0) is 20.8. The number of hydrogen-bond acceptors (Lipinski definition) is 6. The third-order valence-electron chi connectivity index (χ3n) is 4.78. The number of rotatable bonds is 7. The molecule has 0 saturated carbocycles. The highest BCUT2D eigenvalue weighted by atomic mass is 16.5. The Bertz CT molecular complexity index is 886. The lowest BCUT2D eigenvalue weighted by atomic mass is 10.0. The third-order valence-corrected chi connectivity index (χ3v) is 4.78. The predicted octanol–water partition coefficient (Wildman–Crippen LogP) is 1.35. The van der Waals surface area contributed by atoms with Crippen molar-refractivity contribution in [3.8, 4) is 17.2 Å². The molecule has 0 aliphatic carbocycles. The molecule has 0 spiro atoms. The summed E-state index contributed by atoms with van der Waals surface area (Å²) in [4.78, 5) is 26.1. The molecule has 3 N–H and O–H groups in total. The number of ether oxygens (including phenoxy) is 3. The molecule has 1 aliphatic rings. The summed E-state index contributed by atoms with van der Waals surface area (Å²) in [5.74, 6) is 0.743. The summed E-state index contributed by atoms with van der Waals surface area (Å²) in [5, 5.41) is 3.34. The number of carbonyl (C=O) groups excluding carboxylic acids is 2. The maximum absolute atomic E-state index is 13.3. The van der Waals surface area contributed by atoms with Gasteiger partial charge in [0, 0.05) is 30.8 Å². The van der Waals surface area contributed by atoms with E-state index in [1.807, 2.05) is 29.2 Å². The van der Waals surface area contributed by atoms with Crippen LogP contribution in [0.2, 0.25) is 0 Å². The van der Waals surface area contributed by atoms with E-state index in [2.05, 4.69) is 5.32 Å². The van der Waals surface area contributed by atoms with Crippen LogP contribution in [0.4, 0.5) is 0 Å². The Morgan fingerprint density at radius 1 is 1.10 bits per heavy atom. The molecular weight excluding hydrogens is 374 g/mol. The van der Waals surface area contributed by atoms with Gasteiger partial charge in [-0.1, -0.05) is 18.2 Å². The molecule has 2 amide bonds. The lowest BCUT2D eigenvalue weighted by Gasteiger charge is -2.37. The summed E-state index contributed by atoms with van der Waals surface area (Å²) in [6.07, 6.45) is 0. The van der Waals surface area contributed by atoms with Gasteiger partial charge in [0.2, 0.25) is 0 Å². The summed E-state index contributed by atoms with van der Waals surface area (Å²) in [6.45, 7) is 1.62. The number of hydrogen-bond donors (Lipinski definition) is 2. The van der Waals surface area contributed by atoms with Crippen molar-refractivity contribution < 1.29 is 23.8 Å². The van der Waals surface area contributed by atoms with Crippen LogP contribution in [0.3, 0.4) is 0 Å². The quantitative estimate of drug-likeness (QED) is 0.729. The van der Waals surface area contributed by atoms with E-state index in [1.165, 1.54) is 7.11 Å². The van der Waals surface area contributed by atoms with Crippen molar-refractivity contribution in [3.05, 3.63) is 53.6 Å². The largest absolute Gasteiger partial charge is 0.496 e. The molecule has 8 heteroatoms. The van der Waals surface area contributed by atoms with E-state index in [9.17, 15) is 9.59 Å². The van der Waals surface area contributed by atoms with Crippen LogP contribution >= 0.6 is 0 Å². The normalized spacial score (nSPS) is 16.2. The van der Waals surface area contributed by atoms with E-state index < -0.39 is 5.91 Å². The van der Waals surface area contributed by atoms with Crippen molar-refractivity contribution in [1.29, 1.82) is 0 Å². The standard InChI is InChI=1S/C21H25N3O5/c1-27-17-6-4-3-5-15(17)16-12-23-9-10-24(16)21(26)14-7-8-18(19(11-14)28-2)29-13-20(22)25/h3-8,11,16,23H,9-10,12-13H2,1-2H3,(H2,22,25). The number of methoxy groups -OCH3 is 2. The van der Waals surface area contributed by atoms with Crippen molar-refractivity contribution in [1.82, 2.24) is 10.2 Å². The van der Waals surface area contributed by atoms with Crippen LogP contribution in [0.5, 0.6) is 17.2 Å². The molecule has 29 heavy (non-hydrogen) atoms. The second-order valence-electron chi connectivity index (χ2n) is 6.58. The number of para-hydroxylation sites is 1. The highest BCUT2D eigenvalue weighted by molar-refractivity contribution is 5.95. The van der Waals surface area contributed by atoms with E-state index in [0.717, 1.165) is 11.3 Å².